The molecular weight excluding hydrogens is 268 g/mol. The van der Waals surface area contributed by atoms with Gasteiger partial charge in [0.1, 0.15) is 0 Å². The summed E-state index contributed by atoms with van der Waals surface area (Å²) in [6.07, 6.45) is 4.20. The maximum absolute atomic E-state index is 11.4. The molecule has 1 heterocycles. The predicted octanol–water partition coefficient (Wildman–Crippen LogP) is -1.13. The zero-order valence-electron chi connectivity index (χ0n) is 10.1. The molecule has 4 heteroatoms. The van der Waals surface area contributed by atoms with E-state index in [0.717, 1.165) is 13.1 Å². The molecule has 0 saturated heterocycles. The summed E-state index contributed by atoms with van der Waals surface area (Å²) in [5.41, 5.74) is 1.17. The van der Waals surface area contributed by atoms with Gasteiger partial charge in [-0.15, -0.1) is 4.57 Å². The van der Waals surface area contributed by atoms with Gasteiger partial charge < -0.3 is 21.9 Å². The van der Waals surface area contributed by atoms with E-state index >= 15 is 0 Å². The Balaban J connectivity index is 0.00000225. The van der Waals surface area contributed by atoms with E-state index in [9.17, 15) is 4.79 Å². The molecule has 0 saturated carbocycles. The van der Waals surface area contributed by atoms with Crippen LogP contribution in [0.5, 0.6) is 0 Å². The van der Waals surface area contributed by atoms with E-state index in [4.69, 9.17) is 0 Å². The van der Waals surface area contributed by atoms with Gasteiger partial charge in [-0.05, 0) is 13.8 Å². The van der Waals surface area contributed by atoms with Crippen LogP contribution in [0.3, 0.4) is 0 Å². The molecule has 3 nitrogen and oxygen atoms in total. The number of nitrogens with zero attached hydrogens (tertiary/aromatic N) is 2. The molecular formula is C12H19BrN2O. The van der Waals surface area contributed by atoms with Crippen molar-refractivity contribution in [3.8, 4) is 0 Å². The number of rotatable bonds is 4. The quantitative estimate of drug-likeness (QED) is 0.655. The Morgan fingerprint density at radius 2 is 1.69 bits per heavy atom. The maximum atomic E-state index is 11.4. The first-order chi connectivity index (χ1) is 7.22. The SMILES string of the molecule is CCC(=O)[n+]1ccc(N(CC)CC)cc1.[Br-]. The second-order valence-electron chi connectivity index (χ2n) is 3.38. The molecule has 0 radical (unpaired) electrons. The normalized spacial score (nSPS) is 9.44. The molecule has 0 N–H and O–H groups in total. The van der Waals surface area contributed by atoms with Crippen molar-refractivity contribution in [3.05, 3.63) is 24.5 Å². The lowest BCUT2D eigenvalue weighted by atomic mass is 10.3. The molecule has 90 valence electrons. The van der Waals surface area contributed by atoms with Crippen LogP contribution < -0.4 is 26.4 Å². The monoisotopic (exact) mass is 286 g/mol. The second kappa shape index (κ2) is 7.39. The lowest BCUT2D eigenvalue weighted by molar-refractivity contribution is -0.574. The van der Waals surface area contributed by atoms with Crippen molar-refractivity contribution in [3.63, 3.8) is 0 Å². The van der Waals surface area contributed by atoms with Crippen LogP contribution in [0, 0.1) is 0 Å². The Morgan fingerprint density at radius 1 is 1.19 bits per heavy atom. The molecule has 16 heavy (non-hydrogen) atoms. The van der Waals surface area contributed by atoms with Crippen LogP contribution in [0.15, 0.2) is 24.5 Å². The standard InChI is InChI=1S/C12H19N2O.BrH/c1-4-12(15)14-9-7-11(8-10-14)13(5-2)6-3;/h7-10H,4-6H2,1-3H3;1H/q+1;/p-1. The van der Waals surface area contributed by atoms with Crippen LogP contribution >= 0.6 is 0 Å². The number of carbonyl (C=O) groups is 1. The van der Waals surface area contributed by atoms with E-state index in [2.05, 4.69) is 18.7 Å². The topological polar surface area (TPSA) is 24.2 Å². The van der Waals surface area contributed by atoms with Gasteiger partial charge in [0.05, 0.1) is 6.42 Å². The summed E-state index contributed by atoms with van der Waals surface area (Å²) in [4.78, 5) is 13.6. The Morgan fingerprint density at radius 3 is 2.06 bits per heavy atom. The molecule has 0 aromatic carbocycles. The Bertz CT molecular complexity index is 320. The first-order valence-electron chi connectivity index (χ1n) is 5.52. The summed E-state index contributed by atoms with van der Waals surface area (Å²) in [6, 6.07) is 3.97. The molecule has 0 amide bonds. The van der Waals surface area contributed by atoms with Gasteiger partial charge >= 0.3 is 5.91 Å². The van der Waals surface area contributed by atoms with Gasteiger partial charge in [0.25, 0.3) is 0 Å². The molecule has 0 unspecified atom stereocenters. The van der Waals surface area contributed by atoms with E-state index in [0.29, 0.717) is 6.42 Å². The molecule has 1 rings (SSSR count). The number of halogens is 1. The molecule has 1 aromatic heterocycles. The van der Waals surface area contributed by atoms with E-state index in [1.54, 1.807) is 4.57 Å². The average molecular weight is 287 g/mol. The van der Waals surface area contributed by atoms with Gasteiger partial charge in [-0.3, -0.25) is 0 Å². The zero-order chi connectivity index (χ0) is 11.3. The molecule has 0 aliphatic heterocycles. The highest BCUT2D eigenvalue weighted by atomic mass is 79.9. The summed E-state index contributed by atoms with van der Waals surface area (Å²) < 4.78 is 1.63. The van der Waals surface area contributed by atoms with Crippen LogP contribution in [0.2, 0.25) is 0 Å². The van der Waals surface area contributed by atoms with Gasteiger partial charge in [-0.25, -0.2) is 4.79 Å². The third kappa shape index (κ3) is 3.59. The Kier molecular flexibility index (Phi) is 6.97. The fraction of sp³-hybridized carbons (Fsp3) is 0.500. The summed E-state index contributed by atoms with van der Waals surface area (Å²) in [7, 11) is 0. The molecule has 0 atom stereocenters. The van der Waals surface area contributed by atoms with Crippen molar-refractivity contribution in [2.45, 2.75) is 27.2 Å². The van der Waals surface area contributed by atoms with Crippen LogP contribution in [-0.4, -0.2) is 19.0 Å². The van der Waals surface area contributed by atoms with E-state index < -0.39 is 0 Å². The predicted molar refractivity (Wildman–Crippen MR) is 61.1 cm³/mol. The van der Waals surface area contributed by atoms with Crippen molar-refractivity contribution < 1.29 is 26.3 Å². The fourth-order valence-electron chi connectivity index (χ4n) is 1.57. The lowest BCUT2D eigenvalue weighted by Crippen LogP contribution is -3.00. The number of carbonyl (C=O) groups excluding carboxylic acids is 1. The Hall–Kier alpha value is -0.900. The minimum Gasteiger partial charge on any atom is -1.00 e. The molecule has 0 bridgehead atoms. The van der Waals surface area contributed by atoms with Gasteiger partial charge in [0, 0.05) is 30.9 Å². The zero-order valence-corrected chi connectivity index (χ0v) is 11.7. The first kappa shape index (κ1) is 15.1. The minimum absolute atomic E-state index is 0. The summed E-state index contributed by atoms with van der Waals surface area (Å²) in [5, 5.41) is 0. The average Bonchev–Trinajstić information content (AvgIpc) is 2.30. The Labute approximate surface area is 108 Å². The van der Waals surface area contributed by atoms with Crippen molar-refractivity contribution in [2.24, 2.45) is 0 Å². The third-order valence-corrected chi connectivity index (χ3v) is 2.53. The summed E-state index contributed by atoms with van der Waals surface area (Å²) >= 11 is 0. The minimum atomic E-state index is 0. The molecule has 0 aliphatic rings. The third-order valence-electron chi connectivity index (χ3n) is 2.53. The number of hydrogen-bond acceptors (Lipinski definition) is 2. The molecule has 0 fully saturated rings. The number of hydrogen-bond donors (Lipinski definition) is 0. The van der Waals surface area contributed by atoms with Crippen LogP contribution in [-0.2, 0) is 0 Å². The van der Waals surface area contributed by atoms with Crippen LogP contribution in [0.25, 0.3) is 0 Å². The van der Waals surface area contributed by atoms with E-state index in [1.807, 2.05) is 31.5 Å². The van der Waals surface area contributed by atoms with Crippen molar-refractivity contribution in [2.75, 3.05) is 18.0 Å². The smallest absolute Gasteiger partial charge is 0.391 e. The fourth-order valence-corrected chi connectivity index (χ4v) is 1.57. The largest absolute Gasteiger partial charge is 1.00 e. The molecule has 0 spiro atoms. The highest BCUT2D eigenvalue weighted by molar-refractivity contribution is 5.66. The molecule has 1 aromatic rings. The van der Waals surface area contributed by atoms with E-state index in [-0.39, 0.29) is 22.9 Å². The summed E-state index contributed by atoms with van der Waals surface area (Å²) in [5.74, 6) is 0.126. The number of aromatic nitrogens is 1. The van der Waals surface area contributed by atoms with Crippen molar-refractivity contribution >= 4 is 11.6 Å². The van der Waals surface area contributed by atoms with Gasteiger partial charge in [-0.2, -0.15) is 0 Å². The lowest BCUT2D eigenvalue weighted by Gasteiger charge is -2.19. The van der Waals surface area contributed by atoms with Crippen molar-refractivity contribution in [1.29, 1.82) is 0 Å². The number of pyridine rings is 1. The van der Waals surface area contributed by atoms with Crippen LogP contribution in [0.4, 0.5) is 5.69 Å². The molecule has 0 aliphatic carbocycles. The van der Waals surface area contributed by atoms with Gasteiger partial charge in [-0.1, -0.05) is 6.92 Å². The highest BCUT2D eigenvalue weighted by Crippen LogP contribution is 2.10. The van der Waals surface area contributed by atoms with Crippen molar-refractivity contribution in [1.82, 2.24) is 0 Å². The van der Waals surface area contributed by atoms with Gasteiger partial charge in [0.15, 0.2) is 12.4 Å². The van der Waals surface area contributed by atoms with Crippen LogP contribution in [0.1, 0.15) is 32.0 Å². The first-order valence-corrected chi connectivity index (χ1v) is 5.52. The van der Waals surface area contributed by atoms with Gasteiger partial charge in [0.2, 0.25) is 0 Å². The van der Waals surface area contributed by atoms with E-state index in [1.165, 1.54) is 5.69 Å². The maximum Gasteiger partial charge on any atom is 0.391 e. The number of anilines is 1. The summed E-state index contributed by atoms with van der Waals surface area (Å²) in [6.45, 7) is 8.10. The highest BCUT2D eigenvalue weighted by Gasteiger charge is 2.11. The second-order valence-corrected chi connectivity index (χ2v) is 3.38.